The molecule has 3 nitrogen and oxygen atoms in total. The molecular weight excluding hydrogens is 577 g/mol. The van der Waals surface area contributed by atoms with Gasteiger partial charge in [0.1, 0.15) is 0 Å². The van der Waals surface area contributed by atoms with E-state index in [1.807, 2.05) is 74.5 Å². The van der Waals surface area contributed by atoms with E-state index in [9.17, 15) is 4.79 Å². The summed E-state index contributed by atoms with van der Waals surface area (Å²) in [5, 5.41) is 0. The summed E-state index contributed by atoms with van der Waals surface area (Å²) >= 11 is 1.73. The van der Waals surface area contributed by atoms with E-state index >= 15 is 0 Å². The molecular formula is C23H21NO2Te2. The van der Waals surface area contributed by atoms with E-state index in [2.05, 4.69) is 12.1 Å². The fourth-order valence-electron chi connectivity index (χ4n) is 2.84. The SMILES string of the molecule is CC(=O)N(C(=[Te])Oc1ccc(C)cc1)c1cc(C)ccc1-c1ccccc1.[Te]. The summed E-state index contributed by atoms with van der Waals surface area (Å²) in [5.74, 6) is 0.617. The van der Waals surface area contributed by atoms with Crippen molar-refractivity contribution in [3.8, 4) is 16.9 Å². The van der Waals surface area contributed by atoms with Gasteiger partial charge < -0.3 is 0 Å². The number of anilines is 1. The molecule has 0 saturated carbocycles. The van der Waals surface area contributed by atoms with Crippen LogP contribution in [0.3, 0.4) is 0 Å². The van der Waals surface area contributed by atoms with Crippen LogP contribution in [-0.4, -0.2) is 55.3 Å². The monoisotopic (exact) mass is 603 g/mol. The number of carbonyl (C=O) groups excluding carboxylic acids is 1. The topological polar surface area (TPSA) is 29.5 Å². The third-order valence-electron chi connectivity index (χ3n) is 4.20. The van der Waals surface area contributed by atoms with Crippen molar-refractivity contribution in [2.24, 2.45) is 0 Å². The molecule has 0 atom stereocenters. The number of aryl methyl sites for hydroxylation is 2. The Bertz CT molecular complexity index is 970. The maximum atomic E-state index is 12.6. The first kappa shape index (κ1) is 22.7. The fourth-order valence-corrected chi connectivity index (χ4v) is 3.76. The molecule has 0 saturated heterocycles. The molecule has 3 aromatic rings. The van der Waals surface area contributed by atoms with Crippen LogP contribution in [0.2, 0.25) is 0 Å². The van der Waals surface area contributed by atoms with Crippen molar-refractivity contribution in [1.82, 2.24) is 0 Å². The standard InChI is InChI=1S/C23H21NO2Te.Te/c1-16-9-12-20(13-10-16)26-23(27)24(18(3)25)22-15-17(2)11-14-21(22)19-7-5-4-6-8-19;/h4-15H,1-3H3;. The molecule has 0 aliphatic carbocycles. The summed E-state index contributed by atoms with van der Waals surface area (Å²) < 4.78 is 6.54. The van der Waals surface area contributed by atoms with E-state index < -0.39 is 0 Å². The molecule has 0 bridgehead atoms. The molecule has 5 heteroatoms. The Labute approximate surface area is 195 Å². The van der Waals surface area contributed by atoms with Gasteiger partial charge in [0.2, 0.25) is 0 Å². The van der Waals surface area contributed by atoms with Crippen LogP contribution < -0.4 is 9.64 Å². The first-order valence-corrected chi connectivity index (χ1v) is 9.87. The number of hydrogen-bond acceptors (Lipinski definition) is 2. The molecule has 2 radical (unpaired) electrons. The Morgan fingerprint density at radius 3 is 2.11 bits per heavy atom. The van der Waals surface area contributed by atoms with Crippen molar-refractivity contribution >= 4 is 60.9 Å². The summed E-state index contributed by atoms with van der Waals surface area (Å²) in [6.45, 7) is 5.61. The van der Waals surface area contributed by atoms with Crippen LogP contribution in [-0.2, 0) is 4.79 Å². The average Bonchev–Trinajstić information content (AvgIpc) is 2.64. The van der Waals surface area contributed by atoms with Gasteiger partial charge in [-0.15, -0.1) is 0 Å². The molecule has 3 aromatic carbocycles. The van der Waals surface area contributed by atoms with Crippen molar-refractivity contribution in [2.45, 2.75) is 20.8 Å². The second-order valence-corrected chi connectivity index (χ2v) is 7.42. The van der Waals surface area contributed by atoms with E-state index in [0.29, 0.717) is 9.61 Å². The van der Waals surface area contributed by atoms with Crippen molar-refractivity contribution in [1.29, 1.82) is 0 Å². The van der Waals surface area contributed by atoms with Crippen molar-refractivity contribution < 1.29 is 9.53 Å². The summed E-state index contributed by atoms with van der Waals surface area (Å²) in [6.07, 6.45) is 0. The predicted molar refractivity (Wildman–Crippen MR) is 118 cm³/mol. The van der Waals surface area contributed by atoms with E-state index in [4.69, 9.17) is 4.74 Å². The van der Waals surface area contributed by atoms with Gasteiger partial charge in [0.05, 0.1) is 0 Å². The molecule has 142 valence electrons. The zero-order valence-electron chi connectivity index (χ0n) is 16.0. The van der Waals surface area contributed by atoms with Gasteiger partial charge in [-0.2, -0.15) is 0 Å². The van der Waals surface area contributed by atoms with E-state index in [1.165, 1.54) is 0 Å². The first-order chi connectivity index (χ1) is 13.0. The van der Waals surface area contributed by atoms with Crippen LogP contribution in [0.25, 0.3) is 11.1 Å². The quantitative estimate of drug-likeness (QED) is 0.411. The number of rotatable bonds is 5. The minimum Gasteiger partial charge on any atom is 0 e. The summed E-state index contributed by atoms with van der Waals surface area (Å²) in [7, 11) is 0. The molecule has 3 rings (SSSR count). The summed E-state index contributed by atoms with van der Waals surface area (Å²) in [4.78, 5) is 14.2. The number of benzene rings is 3. The molecule has 1 amide bonds. The van der Waals surface area contributed by atoms with Gasteiger partial charge >= 0.3 is 173 Å². The van der Waals surface area contributed by atoms with Gasteiger partial charge in [-0.1, -0.05) is 0 Å². The van der Waals surface area contributed by atoms with E-state index in [1.54, 1.807) is 33.6 Å². The number of carbonyl (C=O) groups is 1. The Balaban J connectivity index is 0.00000280. The minimum absolute atomic E-state index is 0. The molecule has 0 aliphatic rings. The minimum atomic E-state index is -0.0925. The Morgan fingerprint density at radius 1 is 0.893 bits per heavy atom. The number of amides is 1. The van der Waals surface area contributed by atoms with Crippen molar-refractivity contribution in [3.63, 3.8) is 0 Å². The van der Waals surface area contributed by atoms with Crippen molar-refractivity contribution in [3.05, 3.63) is 83.9 Å². The molecule has 0 aromatic heterocycles. The molecule has 0 unspecified atom stereocenters. The normalized spacial score (nSPS) is 9.96. The molecule has 0 fully saturated rings. The number of nitrogens with zero attached hydrogens (tertiary/aromatic N) is 1. The average molecular weight is 599 g/mol. The van der Waals surface area contributed by atoms with Gasteiger partial charge in [0.25, 0.3) is 0 Å². The fraction of sp³-hybridized carbons (Fsp3) is 0.130. The molecule has 0 N–H and O–H groups in total. The van der Waals surface area contributed by atoms with Crippen LogP contribution in [0.1, 0.15) is 18.1 Å². The van der Waals surface area contributed by atoms with Gasteiger partial charge in [-0.05, 0) is 0 Å². The summed E-state index contributed by atoms with van der Waals surface area (Å²) in [6, 6.07) is 24.0. The number of hydrogen-bond donors (Lipinski definition) is 0. The molecule has 28 heavy (non-hydrogen) atoms. The van der Waals surface area contributed by atoms with E-state index in [0.717, 1.165) is 27.9 Å². The largest absolute Gasteiger partial charge is 0 e. The van der Waals surface area contributed by atoms with Gasteiger partial charge in [-0.3, -0.25) is 0 Å². The maximum Gasteiger partial charge on any atom is 0 e. The van der Waals surface area contributed by atoms with Crippen LogP contribution in [0.15, 0.2) is 72.8 Å². The van der Waals surface area contributed by atoms with Gasteiger partial charge in [-0.25, -0.2) is 0 Å². The Hall–Kier alpha value is -1.62. The third-order valence-corrected chi connectivity index (χ3v) is 4.96. The summed E-state index contributed by atoms with van der Waals surface area (Å²) in [5.41, 5.74) is 5.11. The molecule has 0 heterocycles. The second-order valence-electron chi connectivity index (χ2n) is 6.42. The van der Waals surface area contributed by atoms with Crippen molar-refractivity contribution in [2.75, 3.05) is 4.90 Å². The number of ether oxygens (including phenoxy) is 1. The van der Waals surface area contributed by atoms with Crippen LogP contribution in [0.4, 0.5) is 5.69 Å². The Morgan fingerprint density at radius 2 is 1.50 bits per heavy atom. The maximum absolute atomic E-state index is 12.6. The molecule has 0 aliphatic heterocycles. The first-order valence-electron chi connectivity index (χ1n) is 8.71. The zero-order valence-corrected chi connectivity index (χ0v) is 20.7. The van der Waals surface area contributed by atoms with Crippen LogP contribution >= 0.6 is 0 Å². The van der Waals surface area contributed by atoms with Crippen LogP contribution in [0, 0.1) is 13.8 Å². The predicted octanol–water partition coefficient (Wildman–Crippen LogP) is 4.28. The van der Waals surface area contributed by atoms with Gasteiger partial charge in [0.15, 0.2) is 0 Å². The zero-order chi connectivity index (χ0) is 19.4. The smallest absolute Gasteiger partial charge is 0 e. The van der Waals surface area contributed by atoms with Gasteiger partial charge in [0, 0.05) is 23.7 Å². The van der Waals surface area contributed by atoms with Crippen LogP contribution in [0.5, 0.6) is 5.75 Å². The second kappa shape index (κ2) is 10.2. The van der Waals surface area contributed by atoms with E-state index in [-0.39, 0.29) is 29.6 Å². The molecule has 0 spiro atoms. The Kier molecular flexibility index (Phi) is 8.29. The third kappa shape index (κ3) is 5.47.